The molecule has 1 aliphatic heterocycles. The summed E-state index contributed by atoms with van der Waals surface area (Å²) in [6.45, 7) is 2.82. The number of benzene rings is 1. The van der Waals surface area contributed by atoms with E-state index >= 15 is 0 Å². The van der Waals surface area contributed by atoms with Crippen LogP contribution in [-0.2, 0) is 6.42 Å². The number of likely N-dealkylation sites (N-methyl/N-ethyl adjacent to an activating group) is 1. The van der Waals surface area contributed by atoms with Gasteiger partial charge in [0.25, 0.3) is 5.89 Å². The zero-order chi connectivity index (χ0) is 16.4. The van der Waals surface area contributed by atoms with Crippen molar-refractivity contribution in [2.24, 2.45) is 0 Å². The molecule has 1 aromatic carbocycles. The van der Waals surface area contributed by atoms with Gasteiger partial charge in [-0.05, 0) is 12.6 Å². The molecule has 1 fully saturated rings. The molecule has 4 rings (SSSR count). The number of hydrogen-bond acceptors (Lipinski definition) is 7. The molecule has 6 nitrogen and oxygen atoms in total. The highest BCUT2D eigenvalue weighted by Crippen LogP contribution is 2.28. The molecule has 24 heavy (non-hydrogen) atoms. The quantitative estimate of drug-likeness (QED) is 0.786. The monoisotopic (exact) mass is 341 g/mol. The Balaban J connectivity index is 1.50. The van der Waals surface area contributed by atoms with E-state index in [1.54, 1.807) is 11.3 Å². The van der Waals surface area contributed by atoms with Crippen LogP contribution in [0.2, 0.25) is 0 Å². The number of piperazine rings is 1. The molecule has 0 saturated carbocycles. The van der Waals surface area contributed by atoms with Crippen LogP contribution in [0.1, 0.15) is 22.4 Å². The molecular weight excluding hydrogens is 322 g/mol. The number of thiazole rings is 1. The van der Waals surface area contributed by atoms with E-state index in [0.717, 1.165) is 41.8 Å². The summed E-state index contributed by atoms with van der Waals surface area (Å²) in [4.78, 5) is 12.2. The van der Waals surface area contributed by atoms with Gasteiger partial charge in [-0.1, -0.05) is 35.5 Å². The second-order valence-corrected chi connectivity index (χ2v) is 7.05. The van der Waals surface area contributed by atoms with Crippen molar-refractivity contribution in [2.75, 3.05) is 26.7 Å². The Morgan fingerprint density at radius 3 is 3.04 bits per heavy atom. The lowest BCUT2D eigenvalue weighted by atomic mass is 10.2. The fourth-order valence-corrected chi connectivity index (χ4v) is 3.70. The van der Waals surface area contributed by atoms with E-state index in [1.807, 2.05) is 24.4 Å². The third-order valence-electron chi connectivity index (χ3n) is 4.21. The highest BCUT2D eigenvalue weighted by molar-refractivity contribution is 7.15. The molecule has 124 valence electrons. The molecule has 2 aromatic heterocycles. The number of rotatable bonds is 4. The average Bonchev–Trinajstić information content (AvgIpc) is 3.25. The van der Waals surface area contributed by atoms with Crippen LogP contribution in [0.25, 0.3) is 10.8 Å². The summed E-state index contributed by atoms with van der Waals surface area (Å²) in [7, 11) is 2.09. The number of nitrogens with one attached hydrogen (secondary N) is 1. The summed E-state index contributed by atoms with van der Waals surface area (Å²) in [6, 6.07) is 10.5. The molecule has 1 saturated heterocycles. The topological polar surface area (TPSA) is 67.1 Å². The Bertz CT molecular complexity index is 800. The van der Waals surface area contributed by atoms with Crippen LogP contribution in [0.3, 0.4) is 0 Å². The first-order valence-corrected chi connectivity index (χ1v) is 8.85. The minimum absolute atomic E-state index is 0.160. The molecule has 3 aromatic rings. The van der Waals surface area contributed by atoms with Gasteiger partial charge in [0.2, 0.25) is 0 Å². The van der Waals surface area contributed by atoms with Crippen molar-refractivity contribution in [1.29, 1.82) is 0 Å². The van der Waals surface area contributed by atoms with Gasteiger partial charge in [-0.25, -0.2) is 4.98 Å². The Morgan fingerprint density at radius 2 is 2.21 bits per heavy atom. The van der Waals surface area contributed by atoms with Crippen LogP contribution in [0.4, 0.5) is 0 Å². The predicted octanol–water partition coefficient (Wildman–Crippen LogP) is 2.36. The van der Waals surface area contributed by atoms with Crippen LogP contribution in [0.5, 0.6) is 0 Å². The summed E-state index contributed by atoms with van der Waals surface area (Å²) < 4.78 is 5.47. The molecular formula is C17H19N5OS. The van der Waals surface area contributed by atoms with Crippen molar-refractivity contribution in [3.05, 3.63) is 52.9 Å². The van der Waals surface area contributed by atoms with Crippen molar-refractivity contribution in [1.82, 2.24) is 25.3 Å². The third-order valence-corrected chi connectivity index (χ3v) is 5.20. The van der Waals surface area contributed by atoms with Gasteiger partial charge in [0.1, 0.15) is 4.88 Å². The number of hydrogen-bond donors (Lipinski definition) is 1. The van der Waals surface area contributed by atoms with E-state index in [0.29, 0.717) is 5.89 Å². The number of nitrogens with zero attached hydrogens (tertiary/aromatic N) is 4. The van der Waals surface area contributed by atoms with Crippen LogP contribution in [-0.4, -0.2) is 46.7 Å². The van der Waals surface area contributed by atoms with E-state index in [4.69, 9.17) is 4.52 Å². The standard InChI is InChI=1S/C17H19N5OS/c1-22-8-7-18-10-13(22)16-20-17(23-21-16)14-11-19-15(24-14)9-12-5-3-2-4-6-12/h2-6,11,13,18H,7-10H2,1H3. The summed E-state index contributed by atoms with van der Waals surface area (Å²) in [5.74, 6) is 1.29. The molecule has 1 unspecified atom stereocenters. The van der Waals surface area contributed by atoms with Crippen molar-refractivity contribution in [3.8, 4) is 10.8 Å². The molecule has 0 radical (unpaired) electrons. The van der Waals surface area contributed by atoms with E-state index in [2.05, 4.69) is 44.5 Å². The fraction of sp³-hybridized carbons (Fsp3) is 0.353. The zero-order valence-electron chi connectivity index (χ0n) is 13.5. The lowest BCUT2D eigenvalue weighted by molar-refractivity contribution is 0.190. The molecule has 0 amide bonds. The summed E-state index contributed by atoms with van der Waals surface area (Å²) in [5.41, 5.74) is 1.25. The molecule has 0 aliphatic carbocycles. The van der Waals surface area contributed by atoms with Gasteiger partial charge < -0.3 is 9.84 Å². The fourth-order valence-electron chi connectivity index (χ4n) is 2.83. The van der Waals surface area contributed by atoms with Crippen LogP contribution < -0.4 is 5.32 Å². The van der Waals surface area contributed by atoms with E-state index in [-0.39, 0.29) is 6.04 Å². The summed E-state index contributed by atoms with van der Waals surface area (Å²) in [6.07, 6.45) is 2.64. The Kier molecular flexibility index (Phi) is 4.38. The lowest BCUT2D eigenvalue weighted by Crippen LogP contribution is -2.44. The minimum Gasteiger partial charge on any atom is -0.333 e. The van der Waals surface area contributed by atoms with Crippen molar-refractivity contribution in [3.63, 3.8) is 0 Å². The summed E-state index contributed by atoms with van der Waals surface area (Å²) >= 11 is 1.61. The first-order valence-electron chi connectivity index (χ1n) is 8.03. The van der Waals surface area contributed by atoms with E-state index in [1.165, 1.54) is 5.56 Å². The maximum absolute atomic E-state index is 5.47. The lowest BCUT2D eigenvalue weighted by Gasteiger charge is -2.30. The van der Waals surface area contributed by atoms with Gasteiger partial charge in [-0.3, -0.25) is 4.90 Å². The van der Waals surface area contributed by atoms with Gasteiger partial charge in [0, 0.05) is 26.1 Å². The largest absolute Gasteiger partial charge is 0.333 e. The van der Waals surface area contributed by atoms with Gasteiger partial charge in [-0.15, -0.1) is 11.3 Å². The van der Waals surface area contributed by atoms with E-state index in [9.17, 15) is 0 Å². The smallest absolute Gasteiger partial charge is 0.269 e. The normalized spacial score (nSPS) is 18.8. The molecule has 1 N–H and O–H groups in total. The Morgan fingerprint density at radius 1 is 1.33 bits per heavy atom. The Labute approximate surface area is 144 Å². The molecule has 1 atom stereocenters. The SMILES string of the molecule is CN1CCNCC1c1noc(-c2cnc(Cc3ccccc3)s2)n1. The average molecular weight is 341 g/mol. The predicted molar refractivity (Wildman–Crippen MR) is 92.9 cm³/mol. The van der Waals surface area contributed by atoms with Crippen LogP contribution >= 0.6 is 11.3 Å². The molecule has 0 bridgehead atoms. The highest BCUT2D eigenvalue weighted by Gasteiger charge is 2.25. The van der Waals surface area contributed by atoms with Crippen molar-refractivity contribution < 1.29 is 4.52 Å². The zero-order valence-corrected chi connectivity index (χ0v) is 14.3. The van der Waals surface area contributed by atoms with Gasteiger partial charge in [0.15, 0.2) is 5.82 Å². The maximum Gasteiger partial charge on any atom is 0.269 e. The second kappa shape index (κ2) is 6.80. The molecule has 3 heterocycles. The highest BCUT2D eigenvalue weighted by atomic mass is 32.1. The second-order valence-electron chi connectivity index (χ2n) is 5.94. The number of aromatic nitrogens is 3. The van der Waals surface area contributed by atoms with Gasteiger partial charge in [0.05, 0.1) is 17.2 Å². The minimum atomic E-state index is 0.160. The molecule has 1 aliphatic rings. The van der Waals surface area contributed by atoms with Gasteiger partial charge in [-0.2, -0.15) is 4.98 Å². The van der Waals surface area contributed by atoms with Crippen molar-refractivity contribution >= 4 is 11.3 Å². The first kappa shape index (κ1) is 15.4. The Hall–Kier alpha value is -2.09. The van der Waals surface area contributed by atoms with Crippen LogP contribution in [0.15, 0.2) is 41.1 Å². The molecule has 7 heteroatoms. The molecule has 0 spiro atoms. The maximum atomic E-state index is 5.47. The first-order chi connectivity index (χ1) is 11.8. The summed E-state index contributed by atoms with van der Waals surface area (Å²) in [5, 5.41) is 8.59. The van der Waals surface area contributed by atoms with Crippen molar-refractivity contribution in [2.45, 2.75) is 12.5 Å². The third kappa shape index (κ3) is 3.24. The van der Waals surface area contributed by atoms with Crippen LogP contribution in [0, 0.1) is 0 Å². The van der Waals surface area contributed by atoms with Gasteiger partial charge >= 0.3 is 0 Å². The van der Waals surface area contributed by atoms with E-state index < -0.39 is 0 Å².